The van der Waals surface area contributed by atoms with Crippen LogP contribution in [0, 0.1) is 6.92 Å². The fourth-order valence-corrected chi connectivity index (χ4v) is 2.58. The molecule has 0 saturated carbocycles. The summed E-state index contributed by atoms with van der Waals surface area (Å²) in [5.74, 6) is 1.13. The average Bonchev–Trinajstić information content (AvgIpc) is 2.60. The van der Waals surface area contributed by atoms with Crippen molar-refractivity contribution in [2.24, 2.45) is 10.7 Å². The minimum absolute atomic E-state index is 0. The van der Waals surface area contributed by atoms with Gasteiger partial charge in [0.05, 0.1) is 19.3 Å². The van der Waals surface area contributed by atoms with Crippen LogP contribution in [-0.4, -0.2) is 32.7 Å². The first-order valence-electron chi connectivity index (χ1n) is 8.16. The van der Waals surface area contributed by atoms with Crippen molar-refractivity contribution in [3.63, 3.8) is 0 Å². The van der Waals surface area contributed by atoms with Gasteiger partial charge in [0, 0.05) is 18.8 Å². The van der Waals surface area contributed by atoms with E-state index in [2.05, 4.69) is 53.3 Å². The Morgan fingerprint density at radius 2 is 1.84 bits per heavy atom. The maximum absolute atomic E-state index is 5.99. The monoisotopic (exact) mass is 454 g/mol. The molecular formula is C19H27IN4O. The highest BCUT2D eigenvalue weighted by Crippen LogP contribution is 2.22. The number of para-hydroxylation sites is 3. The number of benzene rings is 2. The number of hydrogen-bond donors (Lipinski definition) is 2. The first-order valence-corrected chi connectivity index (χ1v) is 8.16. The van der Waals surface area contributed by atoms with E-state index >= 15 is 0 Å². The third-order valence-electron chi connectivity index (χ3n) is 3.86. The summed E-state index contributed by atoms with van der Waals surface area (Å²) >= 11 is 0. The van der Waals surface area contributed by atoms with E-state index in [0.29, 0.717) is 12.5 Å². The Morgan fingerprint density at radius 1 is 1.16 bits per heavy atom. The van der Waals surface area contributed by atoms with Gasteiger partial charge in [0.1, 0.15) is 5.75 Å². The molecular weight excluding hydrogens is 427 g/mol. The summed E-state index contributed by atoms with van der Waals surface area (Å²) < 4.78 is 5.30. The summed E-state index contributed by atoms with van der Waals surface area (Å²) in [7, 11) is 1.63. The van der Waals surface area contributed by atoms with Crippen molar-refractivity contribution in [1.29, 1.82) is 0 Å². The molecule has 6 heteroatoms. The highest BCUT2D eigenvalue weighted by Gasteiger charge is 2.06. The van der Waals surface area contributed by atoms with Crippen LogP contribution >= 0.6 is 24.0 Å². The number of nitrogens with zero attached hydrogens (tertiary/aromatic N) is 2. The molecule has 3 N–H and O–H groups in total. The zero-order valence-electron chi connectivity index (χ0n) is 15.0. The molecule has 0 heterocycles. The van der Waals surface area contributed by atoms with Gasteiger partial charge in [-0.1, -0.05) is 30.3 Å². The number of hydrogen-bond acceptors (Lipinski definition) is 3. The molecule has 0 amide bonds. The molecule has 0 bridgehead atoms. The molecule has 136 valence electrons. The third-order valence-corrected chi connectivity index (χ3v) is 3.86. The van der Waals surface area contributed by atoms with Crippen LogP contribution in [0.1, 0.15) is 12.5 Å². The molecule has 0 aromatic heterocycles. The van der Waals surface area contributed by atoms with Crippen LogP contribution in [0.2, 0.25) is 0 Å². The van der Waals surface area contributed by atoms with Gasteiger partial charge in [-0.15, -0.1) is 24.0 Å². The number of aryl methyl sites for hydroxylation is 1. The standard InChI is InChI=1S/C19H26N4O.HI/c1-4-23(17-11-7-5-9-15(17)2)14-13-21-19(20)22-16-10-6-8-12-18(16)24-3;/h5-12H,4,13-14H2,1-3H3,(H3,20,21,22);1H. The van der Waals surface area contributed by atoms with E-state index < -0.39 is 0 Å². The lowest BCUT2D eigenvalue weighted by Crippen LogP contribution is -2.29. The number of halogens is 1. The lowest BCUT2D eigenvalue weighted by molar-refractivity contribution is 0.417. The molecule has 2 rings (SSSR count). The third kappa shape index (κ3) is 6.12. The molecule has 0 fully saturated rings. The summed E-state index contributed by atoms with van der Waals surface area (Å²) in [6.45, 7) is 6.64. The number of rotatable bonds is 7. The van der Waals surface area contributed by atoms with Crippen LogP contribution in [0.15, 0.2) is 53.5 Å². The molecule has 2 aromatic carbocycles. The van der Waals surface area contributed by atoms with Gasteiger partial charge in [-0.05, 0) is 37.6 Å². The second-order valence-corrected chi connectivity index (χ2v) is 5.46. The van der Waals surface area contributed by atoms with Gasteiger partial charge in [0.15, 0.2) is 5.96 Å². The SMILES string of the molecule is CCN(CCN=C(N)Nc1ccccc1OC)c1ccccc1C.I. The molecule has 5 nitrogen and oxygen atoms in total. The number of nitrogens with one attached hydrogen (secondary N) is 1. The summed E-state index contributed by atoms with van der Waals surface area (Å²) in [6, 6.07) is 16.0. The van der Waals surface area contributed by atoms with Crippen molar-refractivity contribution in [1.82, 2.24) is 0 Å². The molecule has 25 heavy (non-hydrogen) atoms. The first-order chi connectivity index (χ1) is 11.7. The Labute approximate surface area is 167 Å². The second kappa shape index (κ2) is 10.8. The van der Waals surface area contributed by atoms with E-state index in [0.717, 1.165) is 24.5 Å². The maximum Gasteiger partial charge on any atom is 0.193 e. The van der Waals surface area contributed by atoms with Gasteiger partial charge < -0.3 is 20.7 Å². The van der Waals surface area contributed by atoms with Crippen LogP contribution in [0.3, 0.4) is 0 Å². The smallest absolute Gasteiger partial charge is 0.193 e. The van der Waals surface area contributed by atoms with Crippen LogP contribution in [0.25, 0.3) is 0 Å². The molecule has 2 aromatic rings. The van der Waals surface area contributed by atoms with E-state index in [4.69, 9.17) is 10.5 Å². The molecule has 0 atom stereocenters. The Morgan fingerprint density at radius 3 is 2.52 bits per heavy atom. The molecule has 0 aliphatic heterocycles. The van der Waals surface area contributed by atoms with Gasteiger partial charge in [-0.25, -0.2) is 0 Å². The number of anilines is 2. The van der Waals surface area contributed by atoms with Gasteiger partial charge >= 0.3 is 0 Å². The molecule has 0 saturated heterocycles. The summed E-state index contributed by atoms with van der Waals surface area (Å²) in [5.41, 5.74) is 9.31. The zero-order chi connectivity index (χ0) is 17.4. The van der Waals surface area contributed by atoms with E-state index in [1.807, 2.05) is 24.3 Å². The predicted molar refractivity (Wildman–Crippen MR) is 118 cm³/mol. The Bertz CT molecular complexity index is 691. The van der Waals surface area contributed by atoms with Crippen LogP contribution < -0.4 is 20.7 Å². The van der Waals surface area contributed by atoms with Crippen molar-refractivity contribution < 1.29 is 4.74 Å². The topological polar surface area (TPSA) is 62.9 Å². The minimum atomic E-state index is 0. The second-order valence-electron chi connectivity index (χ2n) is 5.46. The van der Waals surface area contributed by atoms with Crippen molar-refractivity contribution in [2.75, 3.05) is 37.0 Å². The van der Waals surface area contributed by atoms with Crippen molar-refractivity contribution in [3.05, 3.63) is 54.1 Å². The fourth-order valence-electron chi connectivity index (χ4n) is 2.58. The fraction of sp³-hybridized carbons (Fsp3) is 0.316. The number of methoxy groups -OCH3 is 1. The van der Waals surface area contributed by atoms with Gasteiger partial charge in [-0.2, -0.15) is 0 Å². The van der Waals surface area contributed by atoms with Crippen molar-refractivity contribution in [2.45, 2.75) is 13.8 Å². The van der Waals surface area contributed by atoms with E-state index in [9.17, 15) is 0 Å². The van der Waals surface area contributed by atoms with Gasteiger partial charge in [-0.3, -0.25) is 4.99 Å². The van der Waals surface area contributed by atoms with E-state index in [1.54, 1.807) is 7.11 Å². The van der Waals surface area contributed by atoms with E-state index in [1.165, 1.54) is 11.3 Å². The Hall–Kier alpha value is -1.96. The number of ether oxygens (including phenoxy) is 1. The van der Waals surface area contributed by atoms with Crippen molar-refractivity contribution in [3.8, 4) is 5.75 Å². The average molecular weight is 454 g/mol. The quantitative estimate of drug-likeness (QED) is 0.379. The van der Waals surface area contributed by atoms with Crippen LogP contribution in [0.5, 0.6) is 5.75 Å². The van der Waals surface area contributed by atoms with Crippen LogP contribution in [0.4, 0.5) is 11.4 Å². The minimum Gasteiger partial charge on any atom is -0.495 e. The summed E-state index contributed by atoms with van der Waals surface area (Å²) in [4.78, 5) is 6.72. The lowest BCUT2D eigenvalue weighted by Gasteiger charge is -2.24. The molecule has 0 unspecified atom stereocenters. The molecule has 0 aliphatic carbocycles. The number of guanidine groups is 1. The largest absolute Gasteiger partial charge is 0.495 e. The lowest BCUT2D eigenvalue weighted by atomic mass is 10.2. The highest BCUT2D eigenvalue weighted by molar-refractivity contribution is 14.0. The van der Waals surface area contributed by atoms with Crippen LogP contribution in [-0.2, 0) is 0 Å². The normalized spacial score (nSPS) is 10.8. The molecule has 0 radical (unpaired) electrons. The number of nitrogens with two attached hydrogens (primary N) is 1. The zero-order valence-corrected chi connectivity index (χ0v) is 17.4. The van der Waals surface area contributed by atoms with Gasteiger partial charge in [0.25, 0.3) is 0 Å². The summed E-state index contributed by atoms with van der Waals surface area (Å²) in [6.07, 6.45) is 0. The first kappa shape index (κ1) is 21.1. The van der Waals surface area contributed by atoms with Crippen molar-refractivity contribution >= 4 is 41.3 Å². The Balaban J connectivity index is 0.00000312. The summed E-state index contributed by atoms with van der Waals surface area (Å²) in [5, 5.41) is 3.09. The van der Waals surface area contributed by atoms with Gasteiger partial charge in [0.2, 0.25) is 0 Å². The number of likely N-dealkylation sites (N-methyl/N-ethyl adjacent to an activating group) is 1. The number of aliphatic imine (C=N–C) groups is 1. The highest BCUT2D eigenvalue weighted by atomic mass is 127. The predicted octanol–water partition coefficient (Wildman–Crippen LogP) is 3.87. The maximum atomic E-state index is 5.99. The molecule has 0 spiro atoms. The molecule has 0 aliphatic rings. The Kier molecular flexibility index (Phi) is 9.12. The van der Waals surface area contributed by atoms with E-state index in [-0.39, 0.29) is 24.0 Å².